The van der Waals surface area contributed by atoms with Crippen LogP contribution in [-0.4, -0.2) is 60.5 Å². The zero-order valence-corrected chi connectivity index (χ0v) is 15.1. The summed E-state index contributed by atoms with van der Waals surface area (Å²) in [6.07, 6.45) is 0. The van der Waals surface area contributed by atoms with Crippen molar-refractivity contribution in [1.82, 2.24) is 15.2 Å². The van der Waals surface area contributed by atoms with Gasteiger partial charge >= 0.3 is 0 Å². The summed E-state index contributed by atoms with van der Waals surface area (Å²) in [6.45, 7) is 7.40. The fourth-order valence-electron chi connectivity index (χ4n) is 2.97. The van der Waals surface area contributed by atoms with Crippen molar-refractivity contribution in [3.8, 4) is 0 Å². The Bertz CT molecular complexity index is 712. The second-order valence-corrected chi connectivity index (χ2v) is 6.34. The van der Waals surface area contributed by atoms with Crippen molar-refractivity contribution >= 4 is 17.4 Å². The average molecular weight is 357 g/mol. The summed E-state index contributed by atoms with van der Waals surface area (Å²) in [5, 5.41) is 2.97. The molecule has 1 saturated heterocycles. The van der Waals surface area contributed by atoms with Gasteiger partial charge in [0.1, 0.15) is 5.82 Å². The van der Waals surface area contributed by atoms with Crippen LogP contribution in [-0.2, 0) is 0 Å². The van der Waals surface area contributed by atoms with E-state index in [0.717, 1.165) is 44.2 Å². The smallest absolute Gasteiger partial charge is 0.251 e. The van der Waals surface area contributed by atoms with Gasteiger partial charge in [-0.2, -0.15) is 0 Å². The first-order valence-electron chi connectivity index (χ1n) is 8.66. The van der Waals surface area contributed by atoms with E-state index in [-0.39, 0.29) is 11.4 Å². The van der Waals surface area contributed by atoms with Crippen LogP contribution in [0.25, 0.3) is 0 Å². The molecule has 1 aliphatic heterocycles. The molecule has 3 rings (SSSR count). The molecular weight excluding hydrogens is 330 g/mol. The standard InChI is InChI=1S/C19H25N5O.H2O/c1-15-3-2-4-18(22-15)24-13-11-23(12-14-24)10-9-21-19(25)16-5-7-17(20)8-6-16;/h2-8H,9-14,20H2,1H3,(H,21,25);1H2. The fraction of sp³-hybridized carbons (Fsp3) is 0.368. The van der Waals surface area contributed by atoms with Crippen LogP contribution in [0.3, 0.4) is 0 Å². The van der Waals surface area contributed by atoms with E-state index < -0.39 is 0 Å². The van der Waals surface area contributed by atoms with Gasteiger partial charge in [-0.1, -0.05) is 6.07 Å². The molecule has 1 fully saturated rings. The molecule has 1 aliphatic rings. The van der Waals surface area contributed by atoms with E-state index in [4.69, 9.17) is 5.73 Å². The SMILES string of the molecule is Cc1cccc(N2CCN(CCNC(=O)c3ccc(N)cc3)CC2)n1.O. The molecule has 2 heterocycles. The van der Waals surface area contributed by atoms with Crippen molar-refractivity contribution < 1.29 is 10.3 Å². The van der Waals surface area contributed by atoms with E-state index in [0.29, 0.717) is 17.8 Å². The maximum Gasteiger partial charge on any atom is 0.251 e. The Balaban J connectivity index is 0.00000243. The Morgan fingerprint density at radius 2 is 1.81 bits per heavy atom. The molecule has 7 heteroatoms. The second-order valence-electron chi connectivity index (χ2n) is 6.34. The van der Waals surface area contributed by atoms with Crippen molar-refractivity contribution in [2.24, 2.45) is 0 Å². The van der Waals surface area contributed by atoms with Gasteiger partial charge in [0.15, 0.2) is 0 Å². The van der Waals surface area contributed by atoms with Crippen molar-refractivity contribution in [3.63, 3.8) is 0 Å². The molecule has 0 bridgehead atoms. The summed E-state index contributed by atoms with van der Waals surface area (Å²) < 4.78 is 0. The third-order valence-corrected chi connectivity index (χ3v) is 4.46. The molecule has 0 spiro atoms. The molecule has 1 amide bonds. The average Bonchev–Trinajstić information content (AvgIpc) is 2.63. The predicted molar refractivity (Wildman–Crippen MR) is 104 cm³/mol. The Hall–Kier alpha value is -2.64. The summed E-state index contributed by atoms with van der Waals surface area (Å²) in [5.41, 5.74) is 7.99. The number of nitrogens with one attached hydrogen (secondary N) is 1. The highest BCUT2D eigenvalue weighted by Crippen LogP contribution is 2.13. The molecule has 0 unspecified atom stereocenters. The Kier molecular flexibility index (Phi) is 6.94. The number of pyridine rings is 1. The van der Waals surface area contributed by atoms with Crippen LogP contribution in [0.2, 0.25) is 0 Å². The van der Waals surface area contributed by atoms with E-state index in [1.54, 1.807) is 24.3 Å². The summed E-state index contributed by atoms with van der Waals surface area (Å²) in [5.74, 6) is 0.999. The molecule has 0 aliphatic carbocycles. The summed E-state index contributed by atoms with van der Waals surface area (Å²) >= 11 is 0. The molecule has 140 valence electrons. The maximum atomic E-state index is 12.1. The number of carbonyl (C=O) groups excluding carboxylic acids is 1. The van der Waals surface area contributed by atoms with Gasteiger partial charge in [-0.25, -0.2) is 4.98 Å². The highest BCUT2D eigenvalue weighted by Gasteiger charge is 2.17. The zero-order valence-electron chi connectivity index (χ0n) is 15.1. The molecule has 0 saturated carbocycles. The Morgan fingerprint density at radius 1 is 1.12 bits per heavy atom. The molecule has 5 N–H and O–H groups in total. The van der Waals surface area contributed by atoms with Crippen LogP contribution in [0.1, 0.15) is 16.1 Å². The maximum absolute atomic E-state index is 12.1. The summed E-state index contributed by atoms with van der Waals surface area (Å²) in [4.78, 5) is 21.4. The molecular formula is C19H27N5O2. The topological polar surface area (TPSA) is 106 Å². The number of benzene rings is 1. The Labute approximate surface area is 154 Å². The van der Waals surface area contributed by atoms with E-state index in [1.165, 1.54) is 0 Å². The number of hydrogen-bond acceptors (Lipinski definition) is 5. The van der Waals surface area contributed by atoms with Gasteiger partial charge in [0.2, 0.25) is 0 Å². The summed E-state index contributed by atoms with van der Waals surface area (Å²) in [7, 11) is 0. The molecule has 1 aromatic heterocycles. The number of anilines is 2. The normalized spacial score (nSPS) is 14.6. The van der Waals surface area contributed by atoms with E-state index in [9.17, 15) is 4.79 Å². The molecule has 1 aromatic carbocycles. The number of aryl methyl sites for hydroxylation is 1. The van der Waals surface area contributed by atoms with Crippen LogP contribution in [0.5, 0.6) is 0 Å². The second kappa shape index (κ2) is 9.17. The lowest BCUT2D eigenvalue weighted by atomic mass is 10.2. The molecule has 7 nitrogen and oxygen atoms in total. The third kappa shape index (κ3) is 5.18. The fourth-order valence-corrected chi connectivity index (χ4v) is 2.97. The van der Waals surface area contributed by atoms with E-state index in [1.807, 2.05) is 13.0 Å². The number of hydrogen-bond donors (Lipinski definition) is 2. The first kappa shape index (κ1) is 19.7. The molecule has 2 aromatic rings. The van der Waals surface area contributed by atoms with Gasteiger partial charge < -0.3 is 21.4 Å². The third-order valence-electron chi connectivity index (χ3n) is 4.46. The highest BCUT2D eigenvalue weighted by molar-refractivity contribution is 5.94. The number of rotatable bonds is 5. The monoisotopic (exact) mass is 357 g/mol. The predicted octanol–water partition coefficient (Wildman–Crippen LogP) is 0.700. The minimum atomic E-state index is -0.0532. The van der Waals surface area contributed by atoms with Crippen LogP contribution >= 0.6 is 0 Å². The molecule has 0 atom stereocenters. The quantitative estimate of drug-likeness (QED) is 0.766. The highest BCUT2D eigenvalue weighted by atomic mass is 16.1. The lowest BCUT2D eigenvalue weighted by Crippen LogP contribution is -2.48. The van der Waals surface area contributed by atoms with Gasteiger partial charge in [-0.05, 0) is 43.3 Å². The first-order valence-corrected chi connectivity index (χ1v) is 8.66. The van der Waals surface area contributed by atoms with E-state index in [2.05, 4.69) is 32.2 Å². The number of amides is 1. The summed E-state index contributed by atoms with van der Waals surface area (Å²) in [6, 6.07) is 13.1. The molecule has 26 heavy (non-hydrogen) atoms. The minimum Gasteiger partial charge on any atom is -0.412 e. The van der Waals surface area contributed by atoms with Crippen LogP contribution in [0, 0.1) is 6.92 Å². The van der Waals surface area contributed by atoms with Gasteiger partial charge in [-0.3, -0.25) is 9.69 Å². The largest absolute Gasteiger partial charge is 0.412 e. The van der Waals surface area contributed by atoms with Gasteiger partial charge in [-0.15, -0.1) is 0 Å². The number of nitrogen functional groups attached to an aromatic ring is 1. The van der Waals surface area contributed by atoms with Gasteiger partial charge in [0.05, 0.1) is 0 Å². The van der Waals surface area contributed by atoms with Crippen molar-refractivity contribution in [2.45, 2.75) is 6.92 Å². The van der Waals surface area contributed by atoms with Gasteiger partial charge in [0.25, 0.3) is 5.91 Å². The lowest BCUT2D eigenvalue weighted by molar-refractivity contribution is 0.0948. The number of nitrogens with zero attached hydrogens (tertiary/aromatic N) is 3. The van der Waals surface area contributed by atoms with Crippen LogP contribution < -0.4 is 16.0 Å². The Morgan fingerprint density at radius 3 is 2.46 bits per heavy atom. The first-order chi connectivity index (χ1) is 12.1. The van der Waals surface area contributed by atoms with Crippen molar-refractivity contribution in [1.29, 1.82) is 0 Å². The number of nitrogens with two attached hydrogens (primary N) is 1. The van der Waals surface area contributed by atoms with Crippen molar-refractivity contribution in [2.75, 3.05) is 49.9 Å². The lowest BCUT2D eigenvalue weighted by Gasteiger charge is -2.35. The minimum absolute atomic E-state index is 0. The van der Waals surface area contributed by atoms with E-state index >= 15 is 0 Å². The van der Waals surface area contributed by atoms with Crippen molar-refractivity contribution in [3.05, 3.63) is 53.7 Å². The van der Waals surface area contributed by atoms with Crippen LogP contribution in [0.15, 0.2) is 42.5 Å². The molecule has 0 radical (unpaired) electrons. The van der Waals surface area contributed by atoms with Crippen LogP contribution in [0.4, 0.5) is 11.5 Å². The number of carbonyl (C=O) groups is 1. The van der Waals surface area contributed by atoms with Gasteiger partial charge in [0, 0.05) is 56.2 Å². The zero-order chi connectivity index (χ0) is 17.6. The number of aromatic nitrogens is 1. The number of piperazine rings is 1.